The van der Waals surface area contributed by atoms with Gasteiger partial charge in [-0.15, -0.1) is 0 Å². The van der Waals surface area contributed by atoms with Gasteiger partial charge in [-0.1, -0.05) is 0 Å². The van der Waals surface area contributed by atoms with Crippen LogP contribution in [-0.4, -0.2) is 15.5 Å². The van der Waals surface area contributed by atoms with Crippen molar-refractivity contribution in [2.24, 2.45) is 11.5 Å². The summed E-state index contributed by atoms with van der Waals surface area (Å²) < 4.78 is 1.87. The molecular weight excluding hydrogens is 168 g/mol. The van der Waals surface area contributed by atoms with Crippen LogP contribution in [0.3, 0.4) is 0 Å². The largest absolute Gasteiger partial charge is 0.370 e. The Labute approximate surface area is 76.7 Å². The van der Waals surface area contributed by atoms with E-state index in [4.69, 9.17) is 11.5 Å². The average molecular weight is 182 g/mol. The monoisotopic (exact) mass is 182 g/mol. The molecule has 1 aromatic rings. The van der Waals surface area contributed by atoms with Crippen molar-refractivity contribution < 1.29 is 4.79 Å². The first-order chi connectivity index (χ1) is 6.15. The summed E-state index contributed by atoms with van der Waals surface area (Å²) in [6.45, 7) is 2.33. The highest BCUT2D eigenvalue weighted by Crippen LogP contribution is 2.12. The highest BCUT2D eigenvalue weighted by molar-refractivity contribution is 5.74. The van der Waals surface area contributed by atoms with Crippen molar-refractivity contribution in [3.8, 4) is 0 Å². The molecule has 0 saturated carbocycles. The number of hydrogen-bond donors (Lipinski definition) is 2. The van der Waals surface area contributed by atoms with Gasteiger partial charge in [0, 0.05) is 25.2 Å². The highest BCUT2D eigenvalue weighted by atomic mass is 16.1. The molecule has 0 spiro atoms. The first-order valence-corrected chi connectivity index (χ1v) is 4.14. The lowest BCUT2D eigenvalue weighted by Gasteiger charge is -2.13. The standard InChI is InChI=1S/C8H14N4O/c1-6(2-8(10)13)12-5-11-4-7(12)3-9/h4-6H,2-3,9H2,1H3,(H2,10,13). The van der Waals surface area contributed by atoms with Crippen LogP contribution < -0.4 is 11.5 Å². The molecule has 5 nitrogen and oxygen atoms in total. The van der Waals surface area contributed by atoms with Crippen LogP contribution in [-0.2, 0) is 11.3 Å². The molecular formula is C8H14N4O. The molecule has 1 heterocycles. The third kappa shape index (κ3) is 2.29. The molecule has 0 aliphatic carbocycles. The van der Waals surface area contributed by atoms with E-state index in [0.29, 0.717) is 13.0 Å². The Balaban J connectivity index is 2.75. The Kier molecular flexibility index (Phi) is 3.02. The molecule has 72 valence electrons. The van der Waals surface area contributed by atoms with Gasteiger partial charge < -0.3 is 16.0 Å². The van der Waals surface area contributed by atoms with Crippen LogP contribution in [0.5, 0.6) is 0 Å². The van der Waals surface area contributed by atoms with Gasteiger partial charge in [-0.05, 0) is 6.92 Å². The minimum atomic E-state index is -0.316. The third-order valence-electron chi connectivity index (χ3n) is 1.93. The zero-order valence-electron chi connectivity index (χ0n) is 7.60. The second-order valence-electron chi connectivity index (χ2n) is 3.02. The van der Waals surface area contributed by atoms with Crippen molar-refractivity contribution in [3.05, 3.63) is 18.2 Å². The van der Waals surface area contributed by atoms with E-state index in [1.807, 2.05) is 11.5 Å². The topological polar surface area (TPSA) is 86.9 Å². The zero-order chi connectivity index (χ0) is 9.84. The lowest BCUT2D eigenvalue weighted by Crippen LogP contribution is -2.19. The summed E-state index contributed by atoms with van der Waals surface area (Å²) in [6.07, 6.45) is 3.66. The number of hydrogen-bond acceptors (Lipinski definition) is 3. The SMILES string of the molecule is CC(CC(N)=O)n1cncc1CN. The van der Waals surface area contributed by atoms with Crippen LogP contribution in [0.1, 0.15) is 25.1 Å². The predicted octanol–water partition coefficient (Wildman–Crippen LogP) is -0.222. The third-order valence-corrected chi connectivity index (χ3v) is 1.93. The van der Waals surface area contributed by atoms with Crippen LogP contribution in [0.4, 0.5) is 0 Å². The molecule has 0 saturated heterocycles. The lowest BCUT2D eigenvalue weighted by atomic mass is 10.2. The molecule has 13 heavy (non-hydrogen) atoms. The first kappa shape index (κ1) is 9.73. The Morgan fingerprint density at radius 1 is 1.77 bits per heavy atom. The number of aromatic nitrogens is 2. The number of primary amides is 1. The molecule has 1 unspecified atom stereocenters. The Bertz CT molecular complexity index is 294. The van der Waals surface area contributed by atoms with Gasteiger partial charge in [0.05, 0.1) is 12.0 Å². The lowest BCUT2D eigenvalue weighted by molar-refractivity contribution is -0.118. The summed E-state index contributed by atoms with van der Waals surface area (Å²) in [5.41, 5.74) is 11.5. The van der Waals surface area contributed by atoms with Crippen molar-refractivity contribution in [1.82, 2.24) is 9.55 Å². The number of nitrogens with two attached hydrogens (primary N) is 2. The predicted molar refractivity (Wildman–Crippen MR) is 48.6 cm³/mol. The summed E-state index contributed by atoms with van der Waals surface area (Å²) >= 11 is 0. The summed E-state index contributed by atoms with van der Waals surface area (Å²) in [5.74, 6) is -0.316. The van der Waals surface area contributed by atoms with E-state index in [0.717, 1.165) is 5.69 Å². The maximum Gasteiger partial charge on any atom is 0.219 e. The van der Waals surface area contributed by atoms with E-state index in [-0.39, 0.29) is 11.9 Å². The molecule has 0 bridgehead atoms. The van der Waals surface area contributed by atoms with Crippen LogP contribution in [0.15, 0.2) is 12.5 Å². The molecule has 0 aliphatic rings. The van der Waals surface area contributed by atoms with E-state index < -0.39 is 0 Å². The van der Waals surface area contributed by atoms with E-state index in [1.165, 1.54) is 0 Å². The number of carbonyl (C=O) groups excluding carboxylic acids is 1. The Morgan fingerprint density at radius 3 is 3.00 bits per heavy atom. The minimum absolute atomic E-state index is 0.0264. The molecule has 1 rings (SSSR count). The molecule has 1 amide bonds. The van der Waals surface area contributed by atoms with Gasteiger partial charge in [0.2, 0.25) is 5.91 Å². The van der Waals surface area contributed by atoms with E-state index in [2.05, 4.69) is 4.98 Å². The second-order valence-corrected chi connectivity index (χ2v) is 3.02. The van der Waals surface area contributed by atoms with Gasteiger partial charge >= 0.3 is 0 Å². The normalized spacial score (nSPS) is 12.8. The van der Waals surface area contributed by atoms with E-state index in [1.54, 1.807) is 12.5 Å². The van der Waals surface area contributed by atoms with Gasteiger partial charge in [0.15, 0.2) is 0 Å². The van der Waals surface area contributed by atoms with Crippen LogP contribution in [0.2, 0.25) is 0 Å². The Hall–Kier alpha value is -1.36. The van der Waals surface area contributed by atoms with Gasteiger partial charge in [0.25, 0.3) is 0 Å². The van der Waals surface area contributed by atoms with Gasteiger partial charge in [-0.2, -0.15) is 0 Å². The fourth-order valence-corrected chi connectivity index (χ4v) is 1.28. The fourth-order valence-electron chi connectivity index (χ4n) is 1.28. The summed E-state index contributed by atoms with van der Waals surface area (Å²) in [4.78, 5) is 14.6. The zero-order valence-corrected chi connectivity index (χ0v) is 7.60. The van der Waals surface area contributed by atoms with Crippen molar-refractivity contribution >= 4 is 5.91 Å². The van der Waals surface area contributed by atoms with E-state index >= 15 is 0 Å². The molecule has 5 heteroatoms. The van der Waals surface area contributed by atoms with Gasteiger partial charge in [-0.3, -0.25) is 4.79 Å². The quantitative estimate of drug-likeness (QED) is 0.674. The van der Waals surface area contributed by atoms with Crippen LogP contribution >= 0.6 is 0 Å². The highest BCUT2D eigenvalue weighted by Gasteiger charge is 2.10. The summed E-state index contributed by atoms with van der Waals surface area (Å²) in [5, 5.41) is 0. The molecule has 0 aromatic carbocycles. The maximum absolute atomic E-state index is 10.7. The number of imidazole rings is 1. The van der Waals surface area contributed by atoms with Gasteiger partial charge in [-0.25, -0.2) is 4.98 Å². The molecule has 1 aromatic heterocycles. The number of nitrogens with zero attached hydrogens (tertiary/aromatic N) is 2. The maximum atomic E-state index is 10.7. The number of rotatable bonds is 4. The van der Waals surface area contributed by atoms with Crippen LogP contribution in [0, 0.1) is 0 Å². The fraction of sp³-hybridized carbons (Fsp3) is 0.500. The van der Waals surface area contributed by atoms with Crippen molar-refractivity contribution in [1.29, 1.82) is 0 Å². The van der Waals surface area contributed by atoms with Crippen molar-refractivity contribution in [2.75, 3.05) is 0 Å². The average Bonchev–Trinajstić information content (AvgIpc) is 2.49. The minimum Gasteiger partial charge on any atom is -0.370 e. The molecule has 0 aliphatic heterocycles. The molecule has 0 radical (unpaired) electrons. The number of amides is 1. The van der Waals surface area contributed by atoms with Crippen molar-refractivity contribution in [3.63, 3.8) is 0 Å². The molecule has 4 N–H and O–H groups in total. The first-order valence-electron chi connectivity index (χ1n) is 4.14. The summed E-state index contributed by atoms with van der Waals surface area (Å²) in [6, 6.07) is 0.0264. The smallest absolute Gasteiger partial charge is 0.219 e. The van der Waals surface area contributed by atoms with Crippen LogP contribution in [0.25, 0.3) is 0 Å². The van der Waals surface area contributed by atoms with E-state index in [9.17, 15) is 4.79 Å². The van der Waals surface area contributed by atoms with Crippen molar-refractivity contribution in [2.45, 2.75) is 25.9 Å². The van der Waals surface area contributed by atoms with Gasteiger partial charge in [0.1, 0.15) is 0 Å². The summed E-state index contributed by atoms with van der Waals surface area (Å²) in [7, 11) is 0. The Morgan fingerprint density at radius 2 is 2.46 bits per heavy atom. The molecule has 1 atom stereocenters. The molecule has 0 fully saturated rings. The number of carbonyl (C=O) groups is 1. The second kappa shape index (κ2) is 4.04.